The minimum absolute atomic E-state index is 0.169. The van der Waals surface area contributed by atoms with Crippen molar-refractivity contribution in [3.8, 4) is 0 Å². The Labute approximate surface area is 128 Å². The second-order valence-corrected chi connectivity index (χ2v) is 5.93. The summed E-state index contributed by atoms with van der Waals surface area (Å²) in [5.74, 6) is 0.169. The molecular formula is C17H27N3O. The Kier molecular flexibility index (Phi) is 6.05. The van der Waals surface area contributed by atoms with Gasteiger partial charge in [-0.15, -0.1) is 0 Å². The van der Waals surface area contributed by atoms with Crippen LogP contribution in [0.3, 0.4) is 0 Å². The van der Waals surface area contributed by atoms with Gasteiger partial charge in [0.1, 0.15) is 0 Å². The van der Waals surface area contributed by atoms with Gasteiger partial charge in [-0.25, -0.2) is 0 Å². The summed E-state index contributed by atoms with van der Waals surface area (Å²) in [6.07, 6.45) is 4.54. The molecule has 0 atom stereocenters. The maximum Gasteiger partial charge on any atom is 0.223 e. The predicted octanol–water partition coefficient (Wildman–Crippen LogP) is 2.24. The third-order valence-corrected chi connectivity index (χ3v) is 4.00. The quantitative estimate of drug-likeness (QED) is 0.816. The molecule has 1 amide bonds. The van der Waals surface area contributed by atoms with Gasteiger partial charge >= 0.3 is 0 Å². The number of carbonyl (C=O) groups excluding carboxylic acids is 1. The molecule has 116 valence electrons. The Morgan fingerprint density at radius 2 is 1.81 bits per heavy atom. The van der Waals surface area contributed by atoms with E-state index in [1.807, 2.05) is 0 Å². The van der Waals surface area contributed by atoms with Crippen LogP contribution in [-0.2, 0) is 11.3 Å². The van der Waals surface area contributed by atoms with E-state index in [0.717, 1.165) is 13.1 Å². The third-order valence-electron chi connectivity index (χ3n) is 4.00. The van der Waals surface area contributed by atoms with E-state index in [9.17, 15) is 4.79 Å². The molecule has 4 heteroatoms. The maximum absolute atomic E-state index is 11.5. The highest BCUT2D eigenvalue weighted by Crippen LogP contribution is 2.20. The average molecular weight is 289 g/mol. The van der Waals surface area contributed by atoms with Crippen LogP contribution in [0.2, 0.25) is 0 Å². The first-order valence-electron chi connectivity index (χ1n) is 7.91. The van der Waals surface area contributed by atoms with Gasteiger partial charge in [0.05, 0.1) is 0 Å². The van der Waals surface area contributed by atoms with Gasteiger partial charge in [0, 0.05) is 52.4 Å². The van der Waals surface area contributed by atoms with Gasteiger partial charge in [-0.2, -0.15) is 0 Å². The molecule has 2 rings (SSSR count). The molecule has 0 radical (unpaired) electrons. The molecule has 0 unspecified atom stereocenters. The Bertz CT molecular complexity index is 436. The molecule has 1 aromatic carbocycles. The molecule has 0 saturated carbocycles. The Hall–Kier alpha value is -1.55. The maximum atomic E-state index is 11.5. The monoisotopic (exact) mass is 289 g/mol. The van der Waals surface area contributed by atoms with Crippen molar-refractivity contribution in [1.29, 1.82) is 0 Å². The summed E-state index contributed by atoms with van der Waals surface area (Å²) in [6, 6.07) is 8.80. The summed E-state index contributed by atoms with van der Waals surface area (Å²) in [5.41, 5.74) is 2.61. The first kappa shape index (κ1) is 15.8. The fourth-order valence-electron chi connectivity index (χ4n) is 2.63. The second kappa shape index (κ2) is 8.03. The molecule has 1 N–H and O–H groups in total. The first-order chi connectivity index (χ1) is 10.2. The van der Waals surface area contributed by atoms with Gasteiger partial charge in [0.15, 0.2) is 0 Å². The lowest BCUT2D eigenvalue weighted by atomic mass is 10.1. The van der Waals surface area contributed by atoms with Gasteiger partial charge in [-0.1, -0.05) is 12.1 Å². The lowest BCUT2D eigenvalue weighted by molar-refractivity contribution is -0.128. The summed E-state index contributed by atoms with van der Waals surface area (Å²) in [4.78, 5) is 15.6. The molecule has 0 aromatic heterocycles. The van der Waals surface area contributed by atoms with E-state index in [2.05, 4.69) is 34.5 Å². The van der Waals surface area contributed by atoms with Gasteiger partial charge in [-0.3, -0.25) is 4.79 Å². The molecule has 21 heavy (non-hydrogen) atoms. The van der Waals surface area contributed by atoms with Gasteiger partial charge in [-0.05, 0) is 37.0 Å². The largest absolute Gasteiger partial charge is 0.372 e. The Morgan fingerprint density at radius 3 is 2.43 bits per heavy atom. The van der Waals surface area contributed by atoms with Crippen molar-refractivity contribution in [2.24, 2.45) is 0 Å². The SMILES string of the molecule is CN(C)C(=O)CCNCc1ccc(N2CCCCC2)cc1. The third kappa shape index (κ3) is 5.05. The van der Waals surface area contributed by atoms with Crippen LogP contribution >= 0.6 is 0 Å². The number of anilines is 1. The van der Waals surface area contributed by atoms with Crippen molar-refractivity contribution in [2.75, 3.05) is 38.6 Å². The van der Waals surface area contributed by atoms with E-state index >= 15 is 0 Å². The Balaban J connectivity index is 1.73. The predicted molar refractivity (Wildman–Crippen MR) is 87.5 cm³/mol. The summed E-state index contributed by atoms with van der Waals surface area (Å²) < 4.78 is 0. The highest BCUT2D eigenvalue weighted by Gasteiger charge is 2.10. The van der Waals surface area contributed by atoms with Crippen LogP contribution in [-0.4, -0.2) is 44.5 Å². The minimum Gasteiger partial charge on any atom is -0.372 e. The number of nitrogens with zero attached hydrogens (tertiary/aromatic N) is 2. The number of rotatable bonds is 6. The average Bonchev–Trinajstić information content (AvgIpc) is 2.52. The highest BCUT2D eigenvalue weighted by atomic mass is 16.2. The zero-order chi connectivity index (χ0) is 15.1. The molecule has 1 aromatic rings. The zero-order valence-electron chi connectivity index (χ0n) is 13.3. The number of carbonyl (C=O) groups is 1. The first-order valence-corrected chi connectivity index (χ1v) is 7.91. The van der Waals surface area contributed by atoms with E-state index in [1.54, 1.807) is 19.0 Å². The van der Waals surface area contributed by atoms with Crippen molar-refractivity contribution in [1.82, 2.24) is 10.2 Å². The zero-order valence-corrected chi connectivity index (χ0v) is 13.3. The lowest BCUT2D eigenvalue weighted by Crippen LogP contribution is -2.29. The number of benzene rings is 1. The molecule has 4 nitrogen and oxygen atoms in total. The molecule has 0 spiro atoms. The summed E-state index contributed by atoms with van der Waals surface area (Å²) in [5, 5.41) is 3.33. The second-order valence-electron chi connectivity index (χ2n) is 5.93. The van der Waals surface area contributed by atoms with Crippen LogP contribution in [0.1, 0.15) is 31.2 Å². The normalized spacial score (nSPS) is 15.0. The van der Waals surface area contributed by atoms with Crippen molar-refractivity contribution in [2.45, 2.75) is 32.2 Å². The van der Waals surface area contributed by atoms with Crippen LogP contribution in [0.4, 0.5) is 5.69 Å². The van der Waals surface area contributed by atoms with Crippen molar-refractivity contribution in [3.63, 3.8) is 0 Å². The summed E-state index contributed by atoms with van der Waals surface area (Å²) in [7, 11) is 3.59. The van der Waals surface area contributed by atoms with E-state index in [0.29, 0.717) is 6.42 Å². The van der Waals surface area contributed by atoms with Crippen molar-refractivity contribution < 1.29 is 4.79 Å². The summed E-state index contributed by atoms with van der Waals surface area (Å²) >= 11 is 0. The molecule has 0 bridgehead atoms. The number of piperidine rings is 1. The lowest BCUT2D eigenvalue weighted by Gasteiger charge is -2.28. The number of amides is 1. The molecule has 1 aliphatic heterocycles. The molecule has 1 aliphatic rings. The number of hydrogen-bond acceptors (Lipinski definition) is 3. The van der Waals surface area contributed by atoms with Crippen LogP contribution in [0.25, 0.3) is 0 Å². The fourth-order valence-corrected chi connectivity index (χ4v) is 2.63. The van der Waals surface area contributed by atoms with E-state index in [4.69, 9.17) is 0 Å². The van der Waals surface area contributed by atoms with Crippen LogP contribution in [0, 0.1) is 0 Å². The molecule has 1 saturated heterocycles. The summed E-state index contributed by atoms with van der Waals surface area (Å²) in [6.45, 7) is 3.92. The minimum atomic E-state index is 0.169. The number of nitrogens with one attached hydrogen (secondary N) is 1. The van der Waals surface area contributed by atoms with Gasteiger partial charge in [0.2, 0.25) is 5.91 Å². The fraction of sp³-hybridized carbons (Fsp3) is 0.588. The smallest absolute Gasteiger partial charge is 0.223 e. The van der Waals surface area contributed by atoms with E-state index in [1.165, 1.54) is 43.6 Å². The molecular weight excluding hydrogens is 262 g/mol. The molecule has 1 heterocycles. The highest BCUT2D eigenvalue weighted by molar-refractivity contribution is 5.75. The van der Waals surface area contributed by atoms with Gasteiger partial charge in [0.25, 0.3) is 0 Å². The van der Waals surface area contributed by atoms with Crippen LogP contribution in [0.5, 0.6) is 0 Å². The van der Waals surface area contributed by atoms with Gasteiger partial charge < -0.3 is 15.1 Å². The Morgan fingerprint density at radius 1 is 1.14 bits per heavy atom. The molecule has 1 fully saturated rings. The van der Waals surface area contributed by atoms with E-state index in [-0.39, 0.29) is 5.91 Å². The van der Waals surface area contributed by atoms with E-state index < -0.39 is 0 Å². The van der Waals surface area contributed by atoms with Crippen LogP contribution < -0.4 is 10.2 Å². The molecule has 0 aliphatic carbocycles. The van der Waals surface area contributed by atoms with Crippen molar-refractivity contribution in [3.05, 3.63) is 29.8 Å². The standard InChI is InChI=1S/C17H27N3O/c1-19(2)17(21)10-11-18-14-15-6-8-16(9-7-15)20-12-4-3-5-13-20/h6-9,18H,3-5,10-14H2,1-2H3. The number of hydrogen-bond donors (Lipinski definition) is 1. The van der Waals surface area contributed by atoms with Crippen LogP contribution in [0.15, 0.2) is 24.3 Å². The topological polar surface area (TPSA) is 35.6 Å². The van der Waals surface area contributed by atoms with Crippen molar-refractivity contribution >= 4 is 11.6 Å².